The molecule has 0 aliphatic carbocycles. The van der Waals surface area contributed by atoms with Gasteiger partial charge in [-0.05, 0) is 64.9 Å². The van der Waals surface area contributed by atoms with Gasteiger partial charge < -0.3 is 9.72 Å². The van der Waals surface area contributed by atoms with Crippen LogP contribution < -0.4 is 10.3 Å². The standard InChI is InChI=1S/C25H28N6O2/c1-17-7-6-12-30(15-17)23(24-27-28-29-31(24)16-18-8-4-3-5-9-18)21-13-19-10-11-20(33-2)14-22(19)26-25(21)32/h3-5,8-11,13-14,17,23H,6-7,12,15-16H2,1-2H3,(H,26,32)/t17-,23-/m0/s1. The van der Waals surface area contributed by atoms with Gasteiger partial charge in [-0.1, -0.05) is 37.3 Å². The number of hydrogen-bond donors (Lipinski definition) is 1. The van der Waals surface area contributed by atoms with Gasteiger partial charge in [-0.3, -0.25) is 9.69 Å². The van der Waals surface area contributed by atoms with Crippen LogP contribution in [0.3, 0.4) is 0 Å². The molecule has 0 amide bonds. The van der Waals surface area contributed by atoms with E-state index in [2.05, 4.69) is 44.5 Å². The fourth-order valence-electron chi connectivity index (χ4n) is 4.76. The molecule has 4 aromatic rings. The second-order valence-corrected chi connectivity index (χ2v) is 8.83. The fourth-order valence-corrected chi connectivity index (χ4v) is 4.76. The molecule has 1 saturated heterocycles. The van der Waals surface area contributed by atoms with Crippen molar-refractivity contribution >= 4 is 10.9 Å². The predicted octanol–water partition coefficient (Wildman–Crippen LogP) is 3.39. The minimum absolute atomic E-state index is 0.131. The highest BCUT2D eigenvalue weighted by Gasteiger charge is 2.32. The van der Waals surface area contributed by atoms with Gasteiger partial charge in [0, 0.05) is 18.2 Å². The van der Waals surface area contributed by atoms with Crippen LogP contribution in [0.25, 0.3) is 10.9 Å². The molecule has 0 radical (unpaired) electrons. The van der Waals surface area contributed by atoms with Crippen molar-refractivity contribution in [1.82, 2.24) is 30.1 Å². The molecule has 2 atom stereocenters. The molecule has 0 saturated carbocycles. The summed E-state index contributed by atoms with van der Waals surface area (Å²) in [6.07, 6.45) is 2.27. The van der Waals surface area contributed by atoms with Crippen molar-refractivity contribution in [2.45, 2.75) is 32.4 Å². The number of pyridine rings is 1. The number of fused-ring (bicyclic) bond motifs is 1. The number of piperidine rings is 1. The summed E-state index contributed by atoms with van der Waals surface area (Å²) in [5, 5.41) is 13.7. The van der Waals surface area contributed by atoms with Gasteiger partial charge in [0.05, 0.1) is 19.2 Å². The average molecular weight is 445 g/mol. The van der Waals surface area contributed by atoms with Gasteiger partial charge in [-0.25, -0.2) is 4.68 Å². The van der Waals surface area contributed by atoms with E-state index >= 15 is 0 Å². The number of tetrazole rings is 1. The average Bonchev–Trinajstić information content (AvgIpc) is 3.27. The third kappa shape index (κ3) is 4.39. The Kier molecular flexibility index (Phi) is 5.92. The van der Waals surface area contributed by atoms with Gasteiger partial charge in [0.1, 0.15) is 11.8 Å². The molecule has 8 nitrogen and oxygen atoms in total. The van der Waals surface area contributed by atoms with Gasteiger partial charge in [0.25, 0.3) is 5.56 Å². The molecule has 170 valence electrons. The van der Waals surface area contributed by atoms with Crippen molar-refractivity contribution in [3.8, 4) is 5.75 Å². The summed E-state index contributed by atoms with van der Waals surface area (Å²) in [4.78, 5) is 18.8. The lowest BCUT2D eigenvalue weighted by atomic mass is 9.95. The number of hydrogen-bond acceptors (Lipinski definition) is 6. The molecule has 8 heteroatoms. The first-order valence-electron chi connectivity index (χ1n) is 11.4. The third-order valence-corrected chi connectivity index (χ3v) is 6.41. The lowest BCUT2D eigenvalue weighted by Crippen LogP contribution is -2.41. The summed E-state index contributed by atoms with van der Waals surface area (Å²) in [6.45, 7) is 4.59. The van der Waals surface area contributed by atoms with Crippen LogP contribution in [-0.4, -0.2) is 50.3 Å². The van der Waals surface area contributed by atoms with Crippen LogP contribution in [0.1, 0.15) is 42.8 Å². The van der Waals surface area contributed by atoms with Gasteiger partial charge >= 0.3 is 0 Å². The Labute approximate surface area is 192 Å². The lowest BCUT2D eigenvalue weighted by molar-refractivity contribution is 0.141. The predicted molar refractivity (Wildman–Crippen MR) is 126 cm³/mol. The first-order chi connectivity index (χ1) is 16.1. The number of nitrogens with one attached hydrogen (secondary N) is 1. The maximum atomic E-state index is 13.4. The number of rotatable bonds is 6. The van der Waals surface area contributed by atoms with E-state index in [1.165, 1.54) is 6.42 Å². The largest absolute Gasteiger partial charge is 0.497 e. The molecule has 1 N–H and O–H groups in total. The van der Waals surface area contributed by atoms with Crippen LogP contribution in [0, 0.1) is 5.92 Å². The molecule has 0 bridgehead atoms. The van der Waals surface area contributed by atoms with Crippen molar-refractivity contribution in [2.75, 3.05) is 20.2 Å². The van der Waals surface area contributed by atoms with E-state index in [4.69, 9.17) is 4.74 Å². The highest BCUT2D eigenvalue weighted by molar-refractivity contribution is 5.80. The summed E-state index contributed by atoms with van der Waals surface area (Å²) >= 11 is 0. The van der Waals surface area contributed by atoms with Crippen LogP contribution >= 0.6 is 0 Å². The number of likely N-dealkylation sites (tertiary alicyclic amines) is 1. The minimum Gasteiger partial charge on any atom is -0.497 e. The van der Waals surface area contributed by atoms with Crippen LogP contribution in [0.4, 0.5) is 0 Å². The first-order valence-corrected chi connectivity index (χ1v) is 11.4. The van der Waals surface area contributed by atoms with Crippen molar-refractivity contribution in [3.63, 3.8) is 0 Å². The Hall–Kier alpha value is -3.52. The zero-order chi connectivity index (χ0) is 22.8. The lowest BCUT2D eigenvalue weighted by Gasteiger charge is -2.36. The van der Waals surface area contributed by atoms with E-state index in [9.17, 15) is 4.79 Å². The summed E-state index contributed by atoms with van der Waals surface area (Å²) in [5.74, 6) is 1.94. The molecule has 5 rings (SSSR count). The second kappa shape index (κ2) is 9.15. The number of methoxy groups -OCH3 is 1. The Bertz CT molecular complexity index is 1300. The Balaban J connectivity index is 1.62. The molecule has 33 heavy (non-hydrogen) atoms. The number of benzene rings is 2. The van der Waals surface area contributed by atoms with E-state index in [0.717, 1.165) is 36.0 Å². The van der Waals surface area contributed by atoms with Crippen molar-refractivity contribution in [2.24, 2.45) is 5.92 Å². The third-order valence-electron chi connectivity index (χ3n) is 6.41. The highest BCUT2D eigenvalue weighted by atomic mass is 16.5. The van der Waals surface area contributed by atoms with Crippen LogP contribution in [0.5, 0.6) is 5.75 Å². The Morgan fingerprint density at radius 1 is 1.18 bits per heavy atom. The van der Waals surface area contributed by atoms with E-state index < -0.39 is 0 Å². The zero-order valence-electron chi connectivity index (χ0n) is 18.9. The molecule has 1 aliphatic rings. The number of H-pyrrole nitrogens is 1. The topological polar surface area (TPSA) is 88.9 Å². The zero-order valence-corrected chi connectivity index (χ0v) is 18.9. The molecular weight excluding hydrogens is 416 g/mol. The monoisotopic (exact) mass is 444 g/mol. The molecular formula is C25H28N6O2. The van der Waals surface area contributed by atoms with E-state index in [1.54, 1.807) is 7.11 Å². The van der Waals surface area contributed by atoms with Crippen LogP contribution in [-0.2, 0) is 6.54 Å². The number of aromatic amines is 1. The normalized spacial score (nSPS) is 17.8. The van der Waals surface area contributed by atoms with Gasteiger partial charge in [0.15, 0.2) is 5.82 Å². The first kappa shape index (κ1) is 21.3. The second-order valence-electron chi connectivity index (χ2n) is 8.83. The van der Waals surface area contributed by atoms with Gasteiger partial charge in [0.2, 0.25) is 0 Å². The highest BCUT2D eigenvalue weighted by Crippen LogP contribution is 2.31. The van der Waals surface area contributed by atoms with E-state index in [1.807, 2.05) is 47.1 Å². The summed E-state index contributed by atoms with van der Waals surface area (Å²) < 4.78 is 7.13. The SMILES string of the molecule is COc1ccc2cc([C@@H](c3nnnn3Cc3ccccc3)N3CCC[C@H](C)C3)c(=O)[nH]c2c1. The minimum atomic E-state index is -0.332. The smallest absolute Gasteiger partial charge is 0.253 e. The molecule has 1 fully saturated rings. The molecule has 3 heterocycles. The number of nitrogens with zero attached hydrogens (tertiary/aromatic N) is 5. The van der Waals surface area contributed by atoms with Gasteiger partial charge in [-0.2, -0.15) is 0 Å². The molecule has 0 unspecified atom stereocenters. The Morgan fingerprint density at radius 2 is 2.03 bits per heavy atom. The Morgan fingerprint density at radius 3 is 2.82 bits per heavy atom. The fraction of sp³-hybridized carbons (Fsp3) is 0.360. The van der Waals surface area contributed by atoms with Crippen LogP contribution in [0.15, 0.2) is 59.4 Å². The quantitative estimate of drug-likeness (QED) is 0.490. The summed E-state index contributed by atoms with van der Waals surface area (Å²) in [5.41, 5.74) is 2.38. The summed E-state index contributed by atoms with van der Waals surface area (Å²) in [6, 6.07) is 17.5. The molecule has 2 aromatic heterocycles. The van der Waals surface area contributed by atoms with E-state index in [-0.39, 0.29) is 11.6 Å². The van der Waals surface area contributed by atoms with Gasteiger partial charge in [-0.15, -0.1) is 5.10 Å². The summed E-state index contributed by atoms with van der Waals surface area (Å²) in [7, 11) is 1.62. The van der Waals surface area contributed by atoms with Crippen molar-refractivity contribution in [1.29, 1.82) is 0 Å². The van der Waals surface area contributed by atoms with E-state index in [0.29, 0.717) is 29.6 Å². The number of aromatic nitrogens is 5. The van der Waals surface area contributed by atoms with Crippen molar-refractivity contribution < 1.29 is 4.74 Å². The maximum Gasteiger partial charge on any atom is 0.253 e. The molecule has 2 aromatic carbocycles. The maximum absolute atomic E-state index is 13.4. The number of ether oxygens (including phenoxy) is 1. The van der Waals surface area contributed by atoms with Crippen LogP contribution in [0.2, 0.25) is 0 Å². The molecule has 0 spiro atoms. The van der Waals surface area contributed by atoms with Crippen molar-refractivity contribution in [3.05, 3.63) is 81.9 Å². The molecule has 1 aliphatic heterocycles.